The molecule has 2 nitrogen and oxygen atoms in total. The first-order chi connectivity index (χ1) is 23.0. The fourth-order valence-electron chi connectivity index (χ4n) is 6.01. The molecule has 0 unspecified atom stereocenters. The van der Waals surface area contributed by atoms with Gasteiger partial charge in [0.15, 0.2) is 0 Å². The third-order valence-electron chi connectivity index (χ3n) is 8.69. The van der Waals surface area contributed by atoms with Crippen LogP contribution in [0.25, 0.3) is 64.2 Å². The van der Waals surface area contributed by atoms with Crippen LogP contribution in [0.4, 0.5) is 0 Å². The average molecular weight is 881 g/mol. The maximum Gasteiger partial charge on any atom is 0 e. The molecule has 8 rings (SSSR count). The summed E-state index contributed by atoms with van der Waals surface area (Å²) in [6.07, 6.45) is 3.86. The molecular formula is C43H38GeIrN2S-2. The Kier molecular flexibility index (Phi) is 9.62. The second kappa shape index (κ2) is 14.1. The van der Waals surface area contributed by atoms with Gasteiger partial charge in [0.2, 0.25) is 0 Å². The normalized spacial score (nSPS) is 12.1. The van der Waals surface area contributed by atoms with E-state index in [4.69, 9.17) is 6.35 Å². The van der Waals surface area contributed by atoms with E-state index in [2.05, 4.69) is 114 Å². The molecule has 0 spiro atoms. The Labute approximate surface area is 305 Å². The van der Waals surface area contributed by atoms with Gasteiger partial charge in [-0.2, -0.15) is 11.3 Å². The Bertz CT molecular complexity index is 2430. The number of aryl methyl sites for hydroxylation is 1. The minimum atomic E-state index is -1.72. The molecule has 48 heavy (non-hydrogen) atoms. The fourth-order valence-corrected chi connectivity index (χ4v) is 9.44. The number of nitrogens with zero attached hydrogens (tertiary/aromatic N) is 2. The molecule has 0 bridgehead atoms. The molecule has 0 atom stereocenters. The van der Waals surface area contributed by atoms with Gasteiger partial charge < -0.3 is 0 Å². The van der Waals surface area contributed by atoms with E-state index in [1.165, 1.54) is 46.3 Å². The van der Waals surface area contributed by atoms with E-state index in [-0.39, 0.29) is 20.1 Å². The van der Waals surface area contributed by atoms with E-state index in [1.54, 1.807) is 0 Å². The number of hydrogen-bond donors (Lipinski definition) is 0. The van der Waals surface area contributed by atoms with Crippen LogP contribution >= 0.6 is 11.3 Å². The van der Waals surface area contributed by atoms with Crippen molar-refractivity contribution in [2.75, 3.05) is 0 Å². The van der Waals surface area contributed by atoms with Crippen LogP contribution in [-0.2, 0) is 20.1 Å². The summed E-state index contributed by atoms with van der Waals surface area (Å²) in [7, 11) is 0. The molecule has 3 heterocycles. The van der Waals surface area contributed by atoms with Gasteiger partial charge in [-0.3, -0.25) is 4.98 Å². The van der Waals surface area contributed by atoms with Gasteiger partial charge >= 0.3 is 99.8 Å². The van der Waals surface area contributed by atoms with Crippen LogP contribution in [0.15, 0.2) is 116 Å². The maximum atomic E-state index is 8.48. The minimum Gasteiger partial charge on any atom is 0 e. The predicted molar refractivity (Wildman–Crippen MR) is 207 cm³/mol. The van der Waals surface area contributed by atoms with Crippen LogP contribution in [0, 0.1) is 19.1 Å². The molecule has 3 aromatic heterocycles. The SMILES string of the molecule is [2H]C(C)(C)c1ccnc(-c2[c-]c3ccccc3c3c2sc2cc4cc(C)ccc4cc23)c1.[CH3][Ge]([CH3])([CH3])[c]1ccc(-c2[c-]cccc2)nc1.[Ir]. The number of pyridine rings is 2. The average Bonchev–Trinajstić information content (AvgIpc) is 3.45. The van der Waals surface area contributed by atoms with Crippen molar-refractivity contribution in [2.45, 2.75) is 43.9 Å². The zero-order chi connectivity index (χ0) is 33.6. The van der Waals surface area contributed by atoms with Gasteiger partial charge in [-0.25, -0.2) is 0 Å². The molecule has 0 N–H and O–H groups in total. The van der Waals surface area contributed by atoms with Crippen LogP contribution < -0.4 is 4.40 Å². The molecule has 5 heteroatoms. The Balaban J connectivity index is 0.000000208. The van der Waals surface area contributed by atoms with Crippen molar-refractivity contribution in [1.82, 2.24) is 9.97 Å². The zero-order valence-electron chi connectivity index (χ0n) is 29.1. The van der Waals surface area contributed by atoms with Gasteiger partial charge in [-0.15, -0.1) is 17.5 Å². The molecule has 5 aromatic carbocycles. The van der Waals surface area contributed by atoms with Crippen molar-refractivity contribution in [2.24, 2.45) is 0 Å². The quantitative estimate of drug-likeness (QED) is 0.130. The monoisotopic (exact) mass is 882 g/mol. The number of hydrogen-bond acceptors (Lipinski definition) is 3. The Hall–Kier alpha value is -3.67. The predicted octanol–water partition coefficient (Wildman–Crippen LogP) is 11.7. The maximum absolute atomic E-state index is 8.48. The van der Waals surface area contributed by atoms with E-state index < -0.39 is 19.2 Å². The van der Waals surface area contributed by atoms with Crippen molar-refractivity contribution in [1.29, 1.82) is 0 Å². The number of aromatic nitrogens is 2. The summed E-state index contributed by atoms with van der Waals surface area (Å²) in [6, 6.07) is 42.9. The molecule has 0 saturated heterocycles. The molecule has 0 amide bonds. The number of benzene rings is 5. The van der Waals surface area contributed by atoms with Crippen LogP contribution in [0.5, 0.6) is 0 Å². The van der Waals surface area contributed by atoms with Gasteiger partial charge in [0.05, 0.1) is 0 Å². The van der Waals surface area contributed by atoms with Gasteiger partial charge in [0, 0.05) is 38.1 Å². The largest absolute Gasteiger partial charge is 0 e. The third-order valence-corrected chi connectivity index (χ3v) is 14.1. The van der Waals surface area contributed by atoms with Crippen molar-refractivity contribution >= 4 is 70.7 Å². The summed E-state index contributed by atoms with van der Waals surface area (Å²) in [6.45, 7) is 5.97. The van der Waals surface area contributed by atoms with Gasteiger partial charge in [0.1, 0.15) is 0 Å². The van der Waals surface area contributed by atoms with E-state index in [0.717, 1.165) is 33.5 Å². The summed E-state index contributed by atoms with van der Waals surface area (Å²) >= 11 is 0.0980. The first-order valence-corrected chi connectivity index (χ1v) is 24.2. The molecular weight excluding hydrogens is 841 g/mol. The zero-order valence-corrected chi connectivity index (χ0v) is 33.4. The van der Waals surface area contributed by atoms with Crippen LogP contribution in [0.2, 0.25) is 17.3 Å². The van der Waals surface area contributed by atoms with Gasteiger partial charge in [0.25, 0.3) is 0 Å². The second-order valence-corrected chi connectivity index (χ2v) is 25.1. The third kappa shape index (κ3) is 6.91. The van der Waals surface area contributed by atoms with Crippen molar-refractivity contribution in [3.8, 4) is 22.5 Å². The van der Waals surface area contributed by atoms with E-state index in [1.807, 2.05) is 67.9 Å². The second-order valence-electron chi connectivity index (χ2n) is 13.4. The molecule has 0 aliphatic heterocycles. The number of fused-ring (bicyclic) bond motifs is 6. The van der Waals surface area contributed by atoms with E-state index in [9.17, 15) is 0 Å². The Morgan fingerprint density at radius 2 is 1.60 bits per heavy atom. The van der Waals surface area contributed by atoms with E-state index >= 15 is 0 Å². The van der Waals surface area contributed by atoms with Gasteiger partial charge in [-0.1, -0.05) is 78.2 Å². The van der Waals surface area contributed by atoms with Crippen LogP contribution in [0.1, 0.15) is 32.2 Å². The summed E-state index contributed by atoms with van der Waals surface area (Å²) < 4.78 is 12.4. The fraction of sp³-hybridized carbons (Fsp3) is 0.163. The van der Waals surface area contributed by atoms with Crippen molar-refractivity contribution < 1.29 is 21.5 Å². The van der Waals surface area contributed by atoms with Crippen molar-refractivity contribution in [3.05, 3.63) is 139 Å². The molecule has 0 aliphatic rings. The van der Waals surface area contributed by atoms with E-state index in [0.29, 0.717) is 0 Å². The van der Waals surface area contributed by atoms with Crippen molar-refractivity contribution in [3.63, 3.8) is 0 Å². The minimum absolute atomic E-state index is 0. The molecule has 241 valence electrons. The molecule has 0 aliphatic carbocycles. The standard InChI is InChI=1S/C29H22NS.C14H16GeN.Ir/c1-17(2)19-10-11-30-26(15-19)24-14-21-6-4-5-7-23(21)28-25-13-20-9-8-18(3)12-22(20)16-27(25)31-29(24)28;1-15(2,3)13-9-10-14(16-11-13)12-7-5-4-6-8-12;/h4-13,15-17H,1-3H3;4-7,9-11H,1-3H3;/q2*-1;/i17D;;. The summed E-state index contributed by atoms with van der Waals surface area (Å²) in [5.41, 5.74) is 6.21. The first-order valence-electron chi connectivity index (χ1n) is 16.6. The van der Waals surface area contributed by atoms with Crippen LogP contribution in [-0.4, -0.2) is 23.2 Å². The van der Waals surface area contributed by atoms with Gasteiger partial charge in [-0.05, 0) is 57.4 Å². The Morgan fingerprint density at radius 1 is 0.792 bits per heavy atom. The molecule has 8 aromatic rings. The molecule has 1 radical (unpaired) electrons. The smallest absolute Gasteiger partial charge is 0 e. The molecule has 0 saturated carbocycles. The summed E-state index contributed by atoms with van der Waals surface area (Å²) in [4.78, 5) is 9.24. The number of rotatable bonds is 4. The molecule has 0 fully saturated rings. The van der Waals surface area contributed by atoms with Crippen LogP contribution in [0.3, 0.4) is 0 Å². The first kappa shape index (κ1) is 32.9. The Morgan fingerprint density at radius 3 is 2.33 bits per heavy atom. The summed E-state index contributed by atoms with van der Waals surface area (Å²) in [5, 5.41) is 7.41. The number of thiophene rings is 1. The summed E-state index contributed by atoms with van der Waals surface area (Å²) in [5.74, 6) is 6.46. The topological polar surface area (TPSA) is 25.8 Å².